The van der Waals surface area contributed by atoms with Crippen LogP contribution in [0.5, 0.6) is 0 Å². The Morgan fingerprint density at radius 3 is 2.33 bits per heavy atom. The zero-order chi connectivity index (χ0) is 14.2. The van der Waals surface area contributed by atoms with Gasteiger partial charge in [0.1, 0.15) is 8.07 Å². The van der Waals surface area contributed by atoms with E-state index in [1.165, 1.54) is 7.11 Å². The zero-order valence-electron chi connectivity index (χ0n) is 12.4. The third-order valence-corrected chi connectivity index (χ3v) is 2.99. The summed E-state index contributed by atoms with van der Waals surface area (Å²) in [5, 5.41) is 0. The summed E-state index contributed by atoms with van der Waals surface area (Å²) >= 11 is 0. The first kappa shape index (κ1) is 16.8. The highest BCUT2D eigenvalue weighted by molar-refractivity contribution is 6.83. The van der Waals surface area contributed by atoms with E-state index >= 15 is 0 Å². The van der Waals surface area contributed by atoms with Crippen LogP contribution in [-0.4, -0.2) is 21.2 Å². The van der Waals surface area contributed by atoms with Crippen molar-refractivity contribution in [2.24, 2.45) is 5.41 Å². The van der Waals surface area contributed by atoms with Crippen LogP contribution in [-0.2, 0) is 9.53 Å². The highest BCUT2D eigenvalue weighted by Gasteiger charge is 2.14. The van der Waals surface area contributed by atoms with Crippen molar-refractivity contribution in [2.45, 2.75) is 52.8 Å². The Morgan fingerprint density at radius 2 is 1.83 bits per heavy atom. The van der Waals surface area contributed by atoms with Gasteiger partial charge in [0, 0.05) is 18.3 Å². The van der Waals surface area contributed by atoms with Gasteiger partial charge in [0.2, 0.25) is 0 Å². The lowest BCUT2D eigenvalue weighted by Crippen LogP contribution is -2.18. The molecule has 3 heteroatoms. The predicted molar refractivity (Wildman–Crippen MR) is 78.5 cm³/mol. The molecule has 0 aliphatic heterocycles. The summed E-state index contributed by atoms with van der Waals surface area (Å²) in [7, 11) is 0.0820. The van der Waals surface area contributed by atoms with Crippen LogP contribution in [0.4, 0.5) is 0 Å². The fourth-order valence-corrected chi connectivity index (χ4v) is 1.75. The Kier molecular flexibility index (Phi) is 6.80. The molecule has 0 aliphatic carbocycles. The largest absolute Gasteiger partial charge is 0.469 e. The lowest BCUT2D eigenvalue weighted by Gasteiger charge is -2.15. The van der Waals surface area contributed by atoms with Crippen LogP contribution in [0, 0.1) is 28.7 Å². The fourth-order valence-electron chi connectivity index (χ4n) is 1.04. The van der Waals surface area contributed by atoms with Gasteiger partial charge >= 0.3 is 5.97 Å². The van der Waals surface area contributed by atoms with Crippen LogP contribution < -0.4 is 0 Å². The molecule has 0 heterocycles. The first-order valence-corrected chi connectivity index (χ1v) is 9.73. The van der Waals surface area contributed by atoms with E-state index in [0.717, 1.165) is 6.42 Å². The smallest absolute Gasteiger partial charge is 0.306 e. The molecule has 0 aromatic carbocycles. The Morgan fingerprint density at radius 1 is 1.22 bits per heavy atom. The highest BCUT2D eigenvalue weighted by atomic mass is 28.3. The molecular formula is C15H24O2Si. The molecule has 100 valence electrons. The lowest BCUT2D eigenvalue weighted by atomic mass is 9.91. The maximum Gasteiger partial charge on any atom is 0.306 e. The molecule has 0 aromatic heterocycles. The molecule has 0 saturated carbocycles. The summed E-state index contributed by atoms with van der Waals surface area (Å²) in [5.74, 6) is 9.21. The minimum atomic E-state index is -1.31. The van der Waals surface area contributed by atoms with Crippen LogP contribution in [0.25, 0.3) is 0 Å². The van der Waals surface area contributed by atoms with Gasteiger partial charge in [0.15, 0.2) is 0 Å². The van der Waals surface area contributed by atoms with Crippen molar-refractivity contribution in [3.63, 3.8) is 0 Å². The monoisotopic (exact) mass is 264 g/mol. The first-order chi connectivity index (χ1) is 8.16. The number of hydrogen-bond acceptors (Lipinski definition) is 2. The SMILES string of the molecule is COC(=O)CCC#CCC(C)(C)C#C[Si](C)(C)C. The van der Waals surface area contributed by atoms with Crippen molar-refractivity contribution in [1.82, 2.24) is 0 Å². The lowest BCUT2D eigenvalue weighted by molar-refractivity contribution is -0.140. The number of ether oxygens (including phenoxy) is 1. The second kappa shape index (κ2) is 7.29. The van der Waals surface area contributed by atoms with Crippen LogP contribution in [0.3, 0.4) is 0 Å². The van der Waals surface area contributed by atoms with E-state index in [4.69, 9.17) is 0 Å². The van der Waals surface area contributed by atoms with Crippen molar-refractivity contribution < 1.29 is 9.53 Å². The van der Waals surface area contributed by atoms with Gasteiger partial charge in [0.25, 0.3) is 0 Å². The molecule has 0 fully saturated rings. The molecule has 0 unspecified atom stereocenters. The second-order valence-corrected chi connectivity index (χ2v) is 10.7. The summed E-state index contributed by atoms with van der Waals surface area (Å²) in [4.78, 5) is 10.9. The quantitative estimate of drug-likeness (QED) is 0.444. The Hall–Kier alpha value is -1.19. The maximum atomic E-state index is 10.9. The van der Waals surface area contributed by atoms with Crippen molar-refractivity contribution in [2.75, 3.05) is 7.11 Å². The molecule has 0 aliphatic rings. The normalized spacial score (nSPS) is 10.8. The molecule has 0 bridgehead atoms. The Labute approximate surface area is 113 Å². The van der Waals surface area contributed by atoms with E-state index in [9.17, 15) is 4.79 Å². The summed E-state index contributed by atoms with van der Waals surface area (Å²) in [6.45, 7) is 10.9. The Balaban J connectivity index is 4.22. The van der Waals surface area contributed by atoms with Crippen LogP contribution >= 0.6 is 0 Å². The van der Waals surface area contributed by atoms with Crippen molar-refractivity contribution >= 4 is 14.0 Å². The van der Waals surface area contributed by atoms with E-state index in [1.807, 2.05) is 0 Å². The number of esters is 1. The third-order valence-electron chi connectivity index (χ3n) is 2.11. The summed E-state index contributed by atoms with van der Waals surface area (Å²) in [6, 6.07) is 0. The Bertz CT molecular complexity index is 394. The van der Waals surface area contributed by atoms with E-state index in [-0.39, 0.29) is 11.4 Å². The van der Waals surface area contributed by atoms with Gasteiger partial charge in [0.05, 0.1) is 13.5 Å². The average molecular weight is 264 g/mol. The molecule has 0 amide bonds. The molecule has 0 radical (unpaired) electrons. The molecule has 0 atom stereocenters. The van der Waals surface area contributed by atoms with Gasteiger partial charge < -0.3 is 4.74 Å². The van der Waals surface area contributed by atoms with Gasteiger partial charge in [-0.2, -0.15) is 0 Å². The molecule has 0 saturated heterocycles. The van der Waals surface area contributed by atoms with Gasteiger partial charge in [-0.15, -0.1) is 23.3 Å². The van der Waals surface area contributed by atoms with Crippen LogP contribution in [0.2, 0.25) is 19.6 Å². The van der Waals surface area contributed by atoms with Gasteiger partial charge in [-0.1, -0.05) is 19.6 Å². The zero-order valence-corrected chi connectivity index (χ0v) is 13.4. The highest BCUT2D eigenvalue weighted by Crippen LogP contribution is 2.18. The fraction of sp³-hybridized carbons (Fsp3) is 0.667. The molecule has 0 N–H and O–H groups in total. The van der Waals surface area contributed by atoms with Gasteiger partial charge in [-0.05, 0) is 13.8 Å². The molecule has 2 nitrogen and oxygen atoms in total. The van der Waals surface area contributed by atoms with Crippen LogP contribution in [0.1, 0.15) is 33.1 Å². The van der Waals surface area contributed by atoms with Crippen molar-refractivity contribution in [1.29, 1.82) is 0 Å². The predicted octanol–water partition coefficient (Wildman–Crippen LogP) is 3.24. The molecule has 0 spiro atoms. The molecule has 0 rings (SSSR count). The molecular weight excluding hydrogens is 240 g/mol. The standard InChI is InChI=1S/C15H24O2Si/c1-15(2,12-13-18(4,5)6)11-9-7-8-10-14(16)17-3/h8,10-11H2,1-6H3. The van der Waals surface area contributed by atoms with E-state index < -0.39 is 8.07 Å². The third kappa shape index (κ3) is 9.99. The van der Waals surface area contributed by atoms with Crippen molar-refractivity contribution in [3.05, 3.63) is 0 Å². The van der Waals surface area contributed by atoms with E-state index in [1.54, 1.807) is 0 Å². The number of carbonyl (C=O) groups excluding carboxylic acids is 1. The van der Waals surface area contributed by atoms with Gasteiger partial charge in [-0.3, -0.25) is 4.79 Å². The first-order valence-electron chi connectivity index (χ1n) is 6.23. The summed E-state index contributed by atoms with van der Waals surface area (Å²) < 4.78 is 4.55. The number of carbonyl (C=O) groups is 1. The average Bonchev–Trinajstić information content (AvgIpc) is 2.25. The summed E-state index contributed by atoms with van der Waals surface area (Å²) in [6.07, 6.45) is 1.67. The minimum absolute atomic E-state index is 0.0709. The van der Waals surface area contributed by atoms with Crippen LogP contribution in [0.15, 0.2) is 0 Å². The molecule has 0 aromatic rings. The number of methoxy groups -OCH3 is 1. The second-order valence-electron chi connectivity index (χ2n) is 5.99. The topological polar surface area (TPSA) is 26.3 Å². The summed E-state index contributed by atoms with van der Waals surface area (Å²) in [5.41, 5.74) is 3.31. The van der Waals surface area contributed by atoms with E-state index in [2.05, 4.69) is 61.5 Å². The van der Waals surface area contributed by atoms with Gasteiger partial charge in [-0.25, -0.2) is 0 Å². The number of rotatable bonds is 3. The minimum Gasteiger partial charge on any atom is -0.469 e. The number of hydrogen-bond donors (Lipinski definition) is 0. The van der Waals surface area contributed by atoms with Crippen molar-refractivity contribution in [3.8, 4) is 23.3 Å². The van der Waals surface area contributed by atoms with E-state index in [0.29, 0.717) is 12.8 Å². The molecule has 18 heavy (non-hydrogen) atoms. The maximum absolute atomic E-state index is 10.9.